The molecule has 3 rings (SSSR count). The molecule has 3 fully saturated rings. The summed E-state index contributed by atoms with van der Waals surface area (Å²) in [4.78, 5) is 2.71. The van der Waals surface area contributed by atoms with Gasteiger partial charge in [-0.3, -0.25) is 0 Å². The Labute approximate surface area is 93.4 Å². The van der Waals surface area contributed by atoms with E-state index in [1.807, 2.05) is 0 Å². The van der Waals surface area contributed by atoms with E-state index in [0.717, 1.165) is 23.8 Å². The Bertz CT molecular complexity index is 219. The molecule has 3 aliphatic rings. The van der Waals surface area contributed by atoms with E-state index in [1.54, 1.807) is 0 Å². The van der Waals surface area contributed by atoms with Crippen molar-refractivity contribution in [1.29, 1.82) is 0 Å². The molecule has 0 spiro atoms. The molecule has 2 saturated carbocycles. The van der Waals surface area contributed by atoms with Crippen molar-refractivity contribution >= 4 is 0 Å². The molecule has 15 heavy (non-hydrogen) atoms. The molecule has 2 heteroatoms. The zero-order valence-electron chi connectivity index (χ0n) is 9.91. The Kier molecular flexibility index (Phi) is 2.73. The van der Waals surface area contributed by atoms with E-state index in [-0.39, 0.29) is 0 Å². The number of piperazine rings is 1. The molecule has 1 heterocycles. The summed E-state index contributed by atoms with van der Waals surface area (Å²) >= 11 is 0. The third-order valence-corrected chi connectivity index (χ3v) is 4.45. The minimum absolute atomic E-state index is 0.824. The number of nitrogens with zero attached hydrogens (tertiary/aromatic N) is 1. The van der Waals surface area contributed by atoms with E-state index in [1.165, 1.54) is 51.9 Å². The molecule has 2 aliphatic carbocycles. The van der Waals surface area contributed by atoms with Crippen LogP contribution in [0.25, 0.3) is 0 Å². The van der Waals surface area contributed by atoms with E-state index in [0.29, 0.717) is 0 Å². The Balaban J connectivity index is 1.47. The van der Waals surface area contributed by atoms with Gasteiger partial charge in [-0.05, 0) is 43.4 Å². The second-order valence-corrected chi connectivity index (χ2v) is 5.97. The van der Waals surface area contributed by atoms with Crippen molar-refractivity contribution in [3.8, 4) is 0 Å². The fourth-order valence-electron chi connectivity index (χ4n) is 3.04. The zero-order chi connectivity index (χ0) is 10.3. The first-order chi connectivity index (χ1) is 7.33. The van der Waals surface area contributed by atoms with E-state index in [9.17, 15) is 0 Å². The maximum Gasteiger partial charge on any atom is 0.0223 e. The number of hydrogen-bond donors (Lipinski definition) is 1. The largest absolute Gasteiger partial charge is 0.311 e. The van der Waals surface area contributed by atoms with Crippen LogP contribution in [0.1, 0.15) is 32.6 Å². The standard InChI is InChI=1S/C13H24N2/c1-10(11-2-3-11)8-15-7-6-14-13(9-15)12-4-5-12/h10-14H,2-9H2,1H3. The van der Waals surface area contributed by atoms with Gasteiger partial charge in [0.2, 0.25) is 0 Å². The highest BCUT2D eigenvalue weighted by atomic mass is 15.2. The monoisotopic (exact) mass is 208 g/mol. The van der Waals surface area contributed by atoms with Crippen LogP contribution in [0, 0.1) is 17.8 Å². The lowest BCUT2D eigenvalue weighted by molar-refractivity contribution is 0.162. The molecule has 2 nitrogen and oxygen atoms in total. The first-order valence-corrected chi connectivity index (χ1v) is 6.78. The maximum absolute atomic E-state index is 3.69. The van der Waals surface area contributed by atoms with Crippen molar-refractivity contribution in [3.05, 3.63) is 0 Å². The smallest absolute Gasteiger partial charge is 0.0223 e. The van der Waals surface area contributed by atoms with Crippen molar-refractivity contribution in [2.24, 2.45) is 17.8 Å². The van der Waals surface area contributed by atoms with Crippen molar-refractivity contribution < 1.29 is 0 Å². The summed E-state index contributed by atoms with van der Waals surface area (Å²) in [5, 5.41) is 3.69. The summed E-state index contributed by atoms with van der Waals surface area (Å²) in [5.74, 6) is 3.03. The number of rotatable bonds is 4. The summed E-state index contributed by atoms with van der Waals surface area (Å²) in [6.07, 6.45) is 5.95. The van der Waals surface area contributed by atoms with Gasteiger partial charge in [-0.1, -0.05) is 6.92 Å². The fraction of sp³-hybridized carbons (Fsp3) is 1.00. The normalized spacial score (nSPS) is 35.4. The third kappa shape index (κ3) is 2.54. The fourth-order valence-corrected chi connectivity index (χ4v) is 3.04. The van der Waals surface area contributed by atoms with Crippen LogP contribution in [0.15, 0.2) is 0 Å². The quantitative estimate of drug-likeness (QED) is 0.757. The highest BCUT2D eigenvalue weighted by Gasteiger charge is 2.35. The first-order valence-electron chi connectivity index (χ1n) is 6.78. The SMILES string of the molecule is CC(CN1CCNC(C2CC2)C1)C1CC1. The second kappa shape index (κ2) is 4.06. The molecule has 2 atom stereocenters. The van der Waals surface area contributed by atoms with Gasteiger partial charge in [-0.2, -0.15) is 0 Å². The van der Waals surface area contributed by atoms with Gasteiger partial charge >= 0.3 is 0 Å². The van der Waals surface area contributed by atoms with Crippen LogP contribution < -0.4 is 5.32 Å². The lowest BCUT2D eigenvalue weighted by Gasteiger charge is -2.35. The van der Waals surface area contributed by atoms with Crippen LogP contribution in [0.3, 0.4) is 0 Å². The van der Waals surface area contributed by atoms with Gasteiger partial charge in [0.25, 0.3) is 0 Å². The van der Waals surface area contributed by atoms with E-state index in [4.69, 9.17) is 0 Å². The topological polar surface area (TPSA) is 15.3 Å². The van der Waals surface area contributed by atoms with Crippen molar-refractivity contribution in [2.45, 2.75) is 38.6 Å². The first kappa shape index (κ1) is 10.1. The molecule has 0 aromatic rings. The third-order valence-electron chi connectivity index (χ3n) is 4.45. The van der Waals surface area contributed by atoms with Gasteiger partial charge in [0.05, 0.1) is 0 Å². The molecule has 0 amide bonds. The Morgan fingerprint density at radius 2 is 2.07 bits per heavy atom. The summed E-state index contributed by atoms with van der Waals surface area (Å²) in [6, 6.07) is 0.824. The van der Waals surface area contributed by atoms with E-state index in [2.05, 4.69) is 17.1 Å². The van der Waals surface area contributed by atoms with Gasteiger partial charge in [-0.15, -0.1) is 0 Å². The van der Waals surface area contributed by atoms with Crippen LogP contribution in [-0.2, 0) is 0 Å². The van der Waals surface area contributed by atoms with Gasteiger partial charge in [0, 0.05) is 32.2 Å². The lowest BCUT2D eigenvalue weighted by atomic mass is 10.0. The molecule has 2 unspecified atom stereocenters. The highest BCUT2D eigenvalue weighted by Crippen LogP contribution is 2.37. The van der Waals surface area contributed by atoms with Crippen LogP contribution in [-0.4, -0.2) is 37.1 Å². The lowest BCUT2D eigenvalue weighted by Crippen LogP contribution is -2.52. The van der Waals surface area contributed by atoms with Crippen molar-refractivity contribution in [3.63, 3.8) is 0 Å². The van der Waals surface area contributed by atoms with Crippen molar-refractivity contribution in [2.75, 3.05) is 26.2 Å². The van der Waals surface area contributed by atoms with Crippen LogP contribution in [0.2, 0.25) is 0 Å². The predicted octanol–water partition coefficient (Wildman–Crippen LogP) is 1.72. The second-order valence-electron chi connectivity index (χ2n) is 5.97. The van der Waals surface area contributed by atoms with Crippen molar-refractivity contribution in [1.82, 2.24) is 10.2 Å². The molecule has 1 saturated heterocycles. The Hall–Kier alpha value is -0.0800. The van der Waals surface area contributed by atoms with E-state index >= 15 is 0 Å². The molecular formula is C13H24N2. The van der Waals surface area contributed by atoms with Gasteiger partial charge in [0.1, 0.15) is 0 Å². The summed E-state index contributed by atoms with van der Waals surface area (Å²) < 4.78 is 0. The molecule has 0 aromatic carbocycles. The number of hydrogen-bond acceptors (Lipinski definition) is 2. The summed E-state index contributed by atoms with van der Waals surface area (Å²) in [7, 11) is 0. The molecule has 1 aliphatic heterocycles. The van der Waals surface area contributed by atoms with E-state index < -0.39 is 0 Å². The average molecular weight is 208 g/mol. The molecule has 0 bridgehead atoms. The maximum atomic E-state index is 3.69. The van der Waals surface area contributed by atoms with Crippen LogP contribution >= 0.6 is 0 Å². The highest BCUT2D eigenvalue weighted by molar-refractivity contribution is 4.92. The van der Waals surface area contributed by atoms with Gasteiger partial charge < -0.3 is 10.2 Å². The molecular weight excluding hydrogens is 184 g/mol. The van der Waals surface area contributed by atoms with Crippen LogP contribution in [0.4, 0.5) is 0 Å². The minimum Gasteiger partial charge on any atom is -0.311 e. The summed E-state index contributed by atoms with van der Waals surface area (Å²) in [6.45, 7) is 7.63. The molecule has 0 aromatic heterocycles. The Morgan fingerprint density at radius 3 is 2.73 bits per heavy atom. The number of nitrogens with one attached hydrogen (secondary N) is 1. The van der Waals surface area contributed by atoms with Crippen LogP contribution in [0.5, 0.6) is 0 Å². The minimum atomic E-state index is 0.824. The zero-order valence-corrected chi connectivity index (χ0v) is 9.91. The molecule has 86 valence electrons. The molecule has 1 N–H and O–H groups in total. The molecule has 0 radical (unpaired) electrons. The Morgan fingerprint density at radius 1 is 1.27 bits per heavy atom. The summed E-state index contributed by atoms with van der Waals surface area (Å²) in [5.41, 5.74) is 0. The average Bonchev–Trinajstić information content (AvgIpc) is 3.10. The van der Waals surface area contributed by atoms with Gasteiger partial charge in [0.15, 0.2) is 0 Å². The van der Waals surface area contributed by atoms with Gasteiger partial charge in [-0.25, -0.2) is 0 Å². The predicted molar refractivity (Wildman–Crippen MR) is 62.8 cm³/mol.